The quantitative estimate of drug-likeness (QED) is 0.722. The number of aromatic nitrogens is 2. The van der Waals surface area contributed by atoms with Gasteiger partial charge in [-0.15, -0.1) is 0 Å². The zero-order chi connectivity index (χ0) is 11.1. The molecule has 0 amide bonds. The van der Waals surface area contributed by atoms with Crippen molar-refractivity contribution >= 4 is 5.97 Å². The highest BCUT2D eigenvalue weighted by Crippen LogP contribution is 2.48. The van der Waals surface area contributed by atoms with E-state index in [1.54, 1.807) is 10.9 Å². The second-order valence-corrected chi connectivity index (χ2v) is 4.01. The third kappa shape index (κ3) is 1.43. The zero-order valence-electron chi connectivity index (χ0n) is 8.99. The van der Waals surface area contributed by atoms with Crippen LogP contribution in [0, 0.1) is 0 Å². The number of nitrogens with two attached hydrogens (primary N) is 1. The lowest BCUT2D eigenvalue weighted by atomic mass is 9.99. The number of esters is 1. The molecule has 5 nitrogen and oxygen atoms in total. The molecular weight excluding hydrogens is 194 g/mol. The van der Waals surface area contributed by atoms with E-state index in [4.69, 9.17) is 10.5 Å². The van der Waals surface area contributed by atoms with Crippen LogP contribution in [-0.2, 0) is 17.2 Å². The molecule has 1 fully saturated rings. The number of hydrogen-bond donors (Lipinski definition) is 1. The number of methoxy groups -OCH3 is 1. The Bertz CT molecular complexity index is 393. The van der Waals surface area contributed by atoms with E-state index >= 15 is 0 Å². The van der Waals surface area contributed by atoms with E-state index in [0.29, 0.717) is 12.1 Å². The first-order valence-electron chi connectivity index (χ1n) is 4.95. The van der Waals surface area contributed by atoms with Gasteiger partial charge in [0.1, 0.15) is 5.56 Å². The number of nitrogens with zero attached hydrogens (tertiary/aromatic N) is 2. The molecule has 2 N–H and O–H groups in total. The van der Waals surface area contributed by atoms with Crippen LogP contribution in [0.15, 0.2) is 6.20 Å². The van der Waals surface area contributed by atoms with Gasteiger partial charge in [0.25, 0.3) is 0 Å². The Balaban J connectivity index is 2.45. The van der Waals surface area contributed by atoms with Crippen LogP contribution in [0.1, 0.15) is 28.9 Å². The van der Waals surface area contributed by atoms with Gasteiger partial charge in [-0.3, -0.25) is 4.68 Å². The van der Waals surface area contributed by atoms with Gasteiger partial charge in [-0.1, -0.05) is 0 Å². The number of aryl methyl sites for hydroxylation is 1. The van der Waals surface area contributed by atoms with Crippen molar-refractivity contribution in [1.29, 1.82) is 0 Å². The van der Waals surface area contributed by atoms with Crippen LogP contribution < -0.4 is 5.73 Å². The number of carbonyl (C=O) groups excluding carboxylic acids is 1. The van der Waals surface area contributed by atoms with Crippen LogP contribution in [0.2, 0.25) is 0 Å². The number of carbonyl (C=O) groups is 1. The summed E-state index contributed by atoms with van der Waals surface area (Å²) in [6.07, 6.45) is 3.59. The van der Waals surface area contributed by atoms with Gasteiger partial charge in [0.2, 0.25) is 0 Å². The number of hydrogen-bond acceptors (Lipinski definition) is 4. The summed E-state index contributed by atoms with van der Waals surface area (Å²) in [5.41, 5.74) is 7.16. The Morgan fingerprint density at radius 2 is 2.40 bits per heavy atom. The van der Waals surface area contributed by atoms with Crippen molar-refractivity contribution in [3.8, 4) is 0 Å². The third-order valence-corrected chi connectivity index (χ3v) is 3.09. The molecule has 1 aliphatic rings. The van der Waals surface area contributed by atoms with E-state index in [0.717, 1.165) is 18.5 Å². The molecule has 1 aromatic heterocycles. The Labute approximate surface area is 88.2 Å². The van der Waals surface area contributed by atoms with Crippen LogP contribution in [0.5, 0.6) is 0 Å². The molecule has 5 heteroatoms. The van der Waals surface area contributed by atoms with Gasteiger partial charge in [-0.25, -0.2) is 4.79 Å². The molecular formula is C10H15N3O2. The second kappa shape index (κ2) is 3.34. The fraction of sp³-hybridized carbons (Fsp3) is 0.600. The smallest absolute Gasteiger partial charge is 0.341 e. The van der Waals surface area contributed by atoms with Crippen LogP contribution in [-0.4, -0.2) is 29.4 Å². The lowest BCUT2D eigenvalue weighted by Gasteiger charge is -2.14. The van der Waals surface area contributed by atoms with Gasteiger partial charge in [0, 0.05) is 19.0 Å². The molecule has 0 aromatic carbocycles. The van der Waals surface area contributed by atoms with Crippen molar-refractivity contribution in [2.45, 2.75) is 18.3 Å². The lowest BCUT2D eigenvalue weighted by Crippen LogP contribution is -2.25. The first kappa shape index (κ1) is 10.2. The van der Waals surface area contributed by atoms with Crippen molar-refractivity contribution in [1.82, 2.24) is 9.78 Å². The Morgan fingerprint density at radius 3 is 2.87 bits per heavy atom. The summed E-state index contributed by atoms with van der Waals surface area (Å²) in [4.78, 5) is 11.5. The predicted molar refractivity (Wildman–Crippen MR) is 54.5 cm³/mol. The van der Waals surface area contributed by atoms with E-state index < -0.39 is 0 Å². The first-order valence-corrected chi connectivity index (χ1v) is 4.95. The molecule has 1 aromatic rings. The summed E-state index contributed by atoms with van der Waals surface area (Å²) in [6, 6.07) is 0. The summed E-state index contributed by atoms with van der Waals surface area (Å²) in [7, 11) is 3.21. The van der Waals surface area contributed by atoms with Crippen molar-refractivity contribution in [2.75, 3.05) is 13.7 Å². The van der Waals surface area contributed by atoms with Crippen LogP contribution in [0.3, 0.4) is 0 Å². The Kier molecular flexibility index (Phi) is 2.26. The fourth-order valence-corrected chi connectivity index (χ4v) is 2.01. The minimum absolute atomic E-state index is 0.0469. The van der Waals surface area contributed by atoms with Crippen LogP contribution in [0.4, 0.5) is 0 Å². The van der Waals surface area contributed by atoms with Gasteiger partial charge >= 0.3 is 5.97 Å². The van der Waals surface area contributed by atoms with E-state index in [1.165, 1.54) is 7.11 Å². The van der Waals surface area contributed by atoms with Crippen molar-refractivity contribution in [2.24, 2.45) is 12.8 Å². The molecule has 0 bridgehead atoms. The largest absolute Gasteiger partial charge is 0.465 e. The van der Waals surface area contributed by atoms with E-state index in [-0.39, 0.29) is 11.4 Å². The van der Waals surface area contributed by atoms with Crippen LogP contribution >= 0.6 is 0 Å². The summed E-state index contributed by atoms with van der Waals surface area (Å²) in [5.74, 6) is -0.335. The zero-order valence-corrected chi connectivity index (χ0v) is 8.99. The van der Waals surface area contributed by atoms with E-state index in [9.17, 15) is 4.79 Å². The molecule has 0 unspecified atom stereocenters. The van der Waals surface area contributed by atoms with Gasteiger partial charge in [-0.2, -0.15) is 5.10 Å². The highest BCUT2D eigenvalue weighted by atomic mass is 16.5. The van der Waals surface area contributed by atoms with E-state index in [2.05, 4.69) is 5.10 Å². The molecule has 1 saturated carbocycles. The number of rotatable bonds is 3. The molecule has 82 valence electrons. The molecule has 2 rings (SSSR count). The summed E-state index contributed by atoms with van der Waals surface area (Å²) in [6.45, 7) is 0.552. The molecule has 1 aliphatic carbocycles. The van der Waals surface area contributed by atoms with Gasteiger partial charge in [0.05, 0.1) is 19.0 Å². The molecule has 0 radical (unpaired) electrons. The van der Waals surface area contributed by atoms with Gasteiger partial charge in [0.15, 0.2) is 0 Å². The third-order valence-electron chi connectivity index (χ3n) is 3.09. The first-order chi connectivity index (χ1) is 7.14. The second-order valence-electron chi connectivity index (χ2n) is 4.01. The maximum Gasteiger partial charge on any atom is 0.341 e. The average Bonchev–Trinajstić information content (AvgIpc) is 2.95. The van der Waals surface area contributed by atoms with Crippen molar-refractivity contribution in [3.05, 3.63) is 17.5 Å². The Morgan fingerprint density at radius 1 is 1.73 bits per heavy atom. The maximum absolute atomic E-state index is 11.5. The van der Waals surface area contributed by atoms with Crippen molar-refractivity contribution in [3.63, 3.8) is 0 Å². The highest BCUT2D eigenvalue weighted by Gasteiger charge is 2.47. The SMILES string of the molecule is COC(=O)c1cnn(C)c1C1(CN)CC1. The van der Waals surface area contributed by atoms with Crippen LogP contribution in [0.25, 0.3) is 0 Å². The minimum atomic E-state index is -0.335. The van der Waals surface area contributed by atoms with Gasteiger partial charge < -0.3 is 10.5 Å². The topological polar surface area (TPSA) is 70.1 Å². The highest BCUT2D eigenvalue weighted by molar-refractivity contribution is 5.91. The monoisotopic (exact) mass is 209 g/mol. The summed E-state index contributed by atoms with van der Waals surface area (Å²) < 4.78 is 6.45. The maximum atomic E-state index is 11.5. The average molecular weight is 209 g/mol. The minimum Gasteiger partial charge on any atom is -0.465 e. The van der Waals surface area contributed by atoms with Gasteiger partial charge in [-0.05, 0) is 12.8 Å². The summed E-state index contributed by atoms with van der Waals surface area (Å²) in [5, 5.41) is 4.10. The van der Waals surface area contributed by atoms with E-state index in [1.807, 2.05) is 7.05 Å². The molecule has 0 atom stereocenters. The van der Waals surface area contributed by atoms with Crippen molar-refractivity contribution < 1.29 is 9.53 Å². The lowest BCUT2D eigenvalue weighted by molar-refractivity contribution is 0.0598. The standard InChI is InChI=1S/C10H15N3O2/c1-13-8(10(6-11)3-4-10)7(5-12-13)9(14)15-2/h5H,3-4,6,11H2,1-2H3. The molecule has 0 spiro atoms. The number of ether oxygens (including phenoxy) is 1. The Hall–Kier alpha value is -1.36. The molecule has 0 saturated heterocycles. The predicted octanol–water partition coefficient (Wildman–Crippen LogP) is 0.197. The fourth-order valence-electron chi connectivity index (χ4n) is 2.01. The molecule has 1 heterocycles. The molecule has 15 heavy (non-hydrogen) atoms. The summed E-state index contributed by atoms with van der Waals surface area (Å²) >= 11 is 0. The normalized spacial score (nSPS) is 17.5. The molecule has 0 aliphatic heterocycles.